The zero-order valence-electron chi connectivity index (χ0n) is 12.7. The maximum Gasteiger partial charge on any atom is 0.240 e. The van der Waals surface area contributed by atoms with Crippen LogP contribution in [0.2, 0.25) is 0 Å². The molecule has 1 saturated heterocycles. The fraction of sp³-hybridized carbons (Fsp3) is 0.600. The Balaban J connectivity index is 1.97. The number of hydrogen-bond donors (Lipinski definition) is 2. The van der Waals surface area contributed by atoms with Gasteiger partial charge < -0.3 is 14.6 Å². The van der Waals surface area contributed by atoms with E-state index in [1.54, 1.807) is 12.1 Å². The van der Waals surface area contributed by atoms with Crippen molar-refractivity contribution in [1.82, 2.24) is 4.72 Å². The van der Waals surface area contributed by atoms with Crippen molar-refractivity contribution in [2.45, 2.75) is 36.7 Å². The molecule has 2 N–H and O–H groups in total. The van der Waals surface area contributed by atoms with E-state index in [0.717, 1.165) is 6.42 Å². The normalized spacial score (nSPS) is 18.1. The highest BCUT2D eigenvalue weighted by Crippen LogP contribution is 2.21. The van der Waals surface area contributed by atoms with E-state index in [9.17, 15) is 13.5 Å². The van der Waals surface area contributed by atoms with Gasteiger partial charge in [0.15, 0.2) is 0 Å². The highest BCUT2D eigenvalue weighted by atomic mass is 32.2. The molecule has 0 amide bonds. The Morgan fingerprint density at radius 2 is 1.91 bits per heavy atom. The fourth-order valence-corrected chi connectivity index (χ4v) is 3.30. The lowest BCUT2D eigenvalue weighted by Gasteiger charge is -2.31. The van der Waals surface area contributed by atoms with Crippen molar-refractivity contribution < 1.29 is 23.0 Å². The minimum Gasteiger partial charge on any atom is -0.494 e. The molecule has 1 fully saturated rings. The summed E-state index contributed by atoms with van der Waals surface area (Å²) in [5, 5.41) is 10.3. The first-order valence-corrected chi connectivity index (χ1v) is 8.96. The molecule has 1 aliphatic heterocycles. The molecule has 124 valence electrons. The van der Waals surface area contributed by atoms with Crippen LogP contribution in [0, 0.1) is 0 Å². The van der Waals surface area contributed by atoms with Gasteiger partial charge in [-0.3, -0.25) is 0 Å². The number of nitrogens with one attached hydrogen (secondary N) is 1. The predicted octanol–water partition coefficient (Wildman–Crippen LogP) is 1.30. The maximum atomic E-state index is 12.2. The van der Waals surface area contributed by atoms with E-state index in [-0.39, 0.29) is 11.4 Å². The molecule has 0 bridgehead atoms. The number of hydrogen-bond acceptors (Lipinski definition) is 5. The molecule has 0 aromatic heterocycles. The summed E-state index contributed by atoms with van der Waals surface area (Å²) in [5.74, 6) is 0.642. The van der Waals surface area contributed by atoms with Crippen molar-refractivity contribution in [1.29, 1.82) is 0 Å². The zero-order chi connectivity index (χ0) is 16.1. The van der Waals surface area contributed by atoms with Gasteiger partial charge in [0.25, 0.3) is 0 Å². The molecule has 0 aliphatic carbocycles. The van der Waals surface area contributed by atoms with Crippen LogP contribution in [-0.4, -0.2) is 45.5 Å². The molecule has 0 radical (unpaired) electrons. The van der Waals surface area contributed by atoms with Gasteiger partial charge in [-0.05, 0) is 30.7 Å². The number of benzene rings is 1. The third-order valence-corrected chi connectivity index (χ3v) is 5.04. The zero-order valence-corrected chi connectivity index (χ0v) is 13.6. The Morgan fingerprint density at radius 1 is 1.27 bits per heavy atom. The average molecular weight is 329 g/mol. The molecule has 2 rings (SSSR count). The lowest BCUT2D eigenvalue weighted by molar-refractivity contribution is -0.0588. The number of rotatable bonds is 7. The quantitative estimate of drug-likeness (QED) is 0.787. The second-order valence-corrected chi connectivity index (χ2v) is 7.25. The van der Waals surface area contributed by atoms with Gasteiger partial charge in [-0.1, -0.05) is 6.92 Å². The minimum atomic E-state index is -3.64. The largest absolute Gasteiger partial charge is 0.494 e. The molecular formula is C15H23NO5S. The third kappa shape index (κ3) is 4.67. The fourth-order valence-electron chi connectivity index (χ4n) is 2.18. The molecular weight excluding hydrogens is 306 g/mol. The van der Waals surface area contributed by atoms with Gasteiger partial charge in [-0.15, -0.1) is 0 Å². The molecule has 0 saturated carbocycles. The van der Waals surface area contributed by atoms with E-state index in [0.29, 0.717) is 38.4 Å². The van der Waals surface area contributed by atoms with Crippen LogP contribution in [0.15, 0.2) is 29.2 Å². The second kappa shape index (κ2) is 7.41. The Labute approximate surface area is 131 Å². The van der Waals surface area contributed by atoms with Crippen molar-refractivity contribution in [2.24, 2.45) is 0 Å². The monoisotopic (exact) mass is 329 g/mol. The van der Waals surface area contributed by atoms with E-state index in [1.165, 1.54) is 12.1 Å². The van der Waals surface area contributed by atoms with Crippen LogP contribution < -0.4 is 9.46 Å². The maximum absolute atomic E-state index is 12.2. The van der Waals surface area contributed by atoms with Crippen LogP contribution in [0.5, 0.6) is 5.75 Å². The Hall–Kier alpha value is -1.15. The summed E-state index contributed by atoms with van der Waals surface area (Å²) in [6, 6.07) is 6.27. The van der Waals surface area contributed by atoms with E-state index in [4.69, 9.17) is 9.47 Å². The lowest BCUT2D eigenvalue weighted by atomic mass is 9.95. The lowest BCUT2D eigenvalue weighted by Crippen LogP contribution is -2.46. The Bertz CT molecular complexity index is 564. The van der Waals surface area contributed by atoms with Crippen molar-refractivity contribution in [2.75, 3.05) is 26.4 Å². The highest BCUT2D eigenvalue weighted by Gasteiger charge is 2.31. The summed E-state index contributed by atoms with van der Waals surface area (Å²) in [4.78, 5) is 0.159. The summed E-state index contributed by atoms with van der Waals surface area (Å²) in [6.07, 6.45) is 1.75. The molecule has 1 aromatic carbocycles. The van der Waals surface area contributed by atoms with Crippen LogP contribution in [-0.2, 0) is 14.8 Å². The molecule has 7 heteroatoms. The van der Waals surface area contributed by atoms with Crippen LogP contribution >= 0.6 is 0 Å². The number of aliphatic hydroxyl groups is 1. The third-order valence-electron chi connectivity index (χ3n) is 3.62. The Kier molecular flexibility index (Phi) is 5.80. The van der Waals surface area contributed by atoms with E-state index in [1.807, 2.05) is 6.92 Å². The molecule has 22 heavy (non-hydrogen) atoms. The Morgan fingerprint density at radius 3 is 2.50 bits per heavy atom. The first-order valence-electron chi connectivity index (χ1n) is 7.48. The van der Waals surface area contributed by atoms with Crippen molar-refractivity contribution in [3.8, 4) is 5.75 Å². The molecule has 1 aromatic rings. The molecule has 0 spiro atoms. The SMILES string of the molecule is CCCOc1ccc(S(=O)(=O)NCC2(O)CCOCC2)cc1. The minimum absolute atomic E-state index is 0.00716. The van der Waals surface area contributed by atoms with Gasteiger partial charge in [-0.2, -0.15) is 0 Å². The van der Waals surface area contributed by atoms with E-state index >= 15 is 0 Å². The van der Waals surface area contributed by atoms with Crippen LogP contribution in [0.25, 0.3) is 0 Å². The first-order chi connectivity index (χ1) is 10.5. The summed E-state index contributed by atoms with van der Waals surface area (Å²) >= 11 is 0. The van der Waals surface area contributed by atoms with Gasteiger partial charge >= 0.3 is 0 Å². The molecule has 0 atom stereocenters. The van der Waals surface area contributed by atoms with Crippen molar-refractivity contribution in [3.63, 3.8) is 0 Å². The summed E-state index contributed by atoms with van der Waals surface area (Å²) in [6.45, 7) is 3.49. The molecule has 1 heterocycles. The van der Waals surface area contributed by atoms with Gasteiger partial charge in [-0.25, -0.2) is 13.1 Å². The summed E-state index contributed by atoms with van der Waals surface area (Å²) in [5.41, 5.74) is -1.03. The summed E-state index contributed by atoms with van der Waals surface area (Å²) < 4.78 is 37.6. The standard InChI is InChI=1S/C15H23NO5S/c1-2-9-21-13-3-5-14(6-4-13)22(18,19)16-12-15(17)7-10-20-11-8-15/h3-6,16-17H,2,7-12H2,1H3. The van der Waals surface area contributed by atoms with Crippen LogP contribution in [0.4, 0.5) is 0 Å². The summed E-state index contributed by atoms with van der Waals surface area (Å²) in [7, 11) is -3.64. The smallest absolute Gasteiger partial charge is 0.240 e. The molecule has 1 aliphatic rings. The van der Waals surface area contributed by atoms with Crippen LogP contribution in [0.1, 0.15) is 26.2 Å². The van der Waals surface area contributed by atoms with Crippen LogP contribution in [0.3, 0.4) is 0 Å². The first kappa shape index (κ1) is 17.2. The van der Waals surface area contributed by atoms with Gasteiger partial charge in [0.2, 0.25) is 10.0 Å². The molecule has 0 unspecified atom stereocenters. The van der Waals surface area contributed by atoms with Crippen molar-refractivity contribution >= 4 is 10.0 Å². The topological polar surface area (TPSA) is 84.9 Å². The van der Waals surface area contributed by atoms with E-state index in [2.05, 4.69) is 4.72 Å². The molecule has 6 nitrogen and oxygen atoms in total. The highest BCUT2D eigenvalue weighted by molar-refractivity contribution is 7.89. The predicted molar refractivity (Wildman–Crippen MR) is 82.4 cm³/mol. The van der Waals surface area contributed by atoms with Gasteiger partial charge in [0.05, 0.1) is 17.1 Å². The van der Waals surface area contributed by atoms with E-state index < -0.39 is 15.6 Å². The average Bonchev–Trinajstić information content (AvgIpc) is 2.52. The van der Waals surface area contributed by atoms with Gasteiger partial charge in [0, 0.05) is 32.6 Å². The number of sulfonamides is 1. The number of ether oxygens (including phenoxy) is 2. The van der Waals surface area contributed by atoms with Gasteiger partial charge in [0.1, 0.15) is 5.75 Å². The second-order valence-electron chi connectivity index (χ2n) is 5.48. The van der Waals surface area contributed by atoms with Crippen molar-refractivity contribution in [3.05, 3.63) is 24.3 Å².